The lowest BCUT2D eigenvalue weighted by Gasteiger charge is -2.35. The maximum Gasteiger partial charge on any atom is 0.244 e. The molecule has 0 aliphatic heterocycles. The highest BCUT2D eigenvalue weighted by Gasteiger charge is 2.34. The molecule has 42 heavy (non-hydrogen) atoms. The third-order valence-electron chi connectivity index (χ3n) is 7.83. The maximum absolute atomic E-state index is 14.2. The monoisotopic (exact) mass is 609 g/mol. The van der Waals surface area contributed by atoms with E-state index in [1.54, 1.807) is 24.3 Å². The van der Waals surface area contributed by atoms with Crippen LogP contribution in [0.5, 0.6) is 0 Å². The molecule has 1 atom stereocenters. The van der Waals surface area contributed by atoms with Gasteiger partial charge in [0.05, 0.1) is 11.9 Å². The summed E-state index contributed by atoms with van der Waals surface area (Å²) in [5.41, 5.74) is 3.02. The van der Waals surface area contributed by atoms with Crippen molar-refractivity contribution in [3.05, 3.63) is 101 Å². The predicted molar refractivity (Wildman–Crippen MR) is 169 cm³/mol. The van der Waals surface area contributed by atoms with Gasteiger partial charge >= 0.3 is 0 Å². The lowest BCUT2D eigenvalue weighted by molar-refractivity contribution is -0.140. The number of carbonyl (C=O) groups excluding carboxylic acids is 2. The van der Waals surface area contributed by atoms with E-state index in [0.717, 1.165) is 60.2 Å². The second-order valence-electron chi connectivity index (χ2n) is 11.0. The van der Waals surface area contributed by atoms with Crippen molar-refractivity contribution >= 4 is 39.1 Å². The first-order valence-corrected chi connectivity index (χ1v) is 16.8. The van der Waals surface area contributed by atoms with Gasteiger partial charge in [-0.1, -0.05) is 98.5 Å². The molecule has 1 aliphatic rings. The number of aryl methyl sites for hydroxylation is 1. The van der Waals surface area contributed by atoms with E-state index < -0.39 is 28.5 Å². The summed E-state index contributed by atoms with van der Waals surface area (Å²) in [4.78, 5) is 29.7. The molecule has 7 nitrogen and oxygen atoms in total. The molecule has 0 heterocycles. The van der Waals surface area contributed by atoms with Crippen LogP contribution in [0.1, 0.15) is 55.7 Å². The fraction of sp³-hybridized carbons (Fsp3) is 0.394. The molecule has 1 fully saturated rings. The van der Waals surface area contributed by atoms with Gasteiger partial charge in [0.1, 0.15) is 12.6 Å². The lowest BCUT2D eigenvalue weighted by atomic mass is 9.94. The Balaban J connectivity index is 1.72. The smallest absolute Gasteiger partial charge is 0.244 e. The molecule has 0 bridgehead atoms. The first kappa shape index (κ1) is 31.6. The summed E-state index contributed by atoms with van der Waals surface area (Å²) in [6.07, 6.45) is 7.23. The Kier molecular flexibility index (Phi) is 11.0. The van der Waals surface area contributed by atoms with E-state index in [4.69, 9.17) is 11.6 Å². The van der Waals surface area contributed by atoms with Gasteiger partial charge < -0.3 is 10.2 Å². The van der Waals surface area contributed by atoms with Crippen LogP contribution in [0, 0.1) is 0 Å². The average Bonchev–Trinajstić information content (AvgIpc) is 2.99. The molecule has 0 radical (unpaired) electrons. The zero-order chi connectivity index (χ0) is 30.1. The van der Waals surface area contributed by atoms with Gasteiger partial charge in [0.2, 0.25) is 21.8 Å². The van der Waals surface area contributed by atoms with Crippen molar-refractivity contribution in [1.29, 1.82) is 0 Å². The summed E-state index contributed by atoms with van der Waals surface area (Å²) in [5.74, 6) is -0.732. The number of nitrogens with one attached hydrogen (secondary N) is 1. The van der Waals surface area contributed by atoms with Crippen LogP contribution in [0.2, 0.25) is 5.02 Å². The number of hydrogen-bond acceptors (Lipinski definition) is 4. The second-order valence-corrected chi connectivity index (χ2v) is 13.3. The van der Waals surface area contributed by atoms with Crippen LogP contribution < -0.4 is 9.62 Å². The number of halogens is 1. The Morgan fingerprint density at radius 3 is 2.17 bits per heavy atom. The minimum absolute atomic E-state index is 0.0476. The molecular weight excluding hydrogens is 570 g/mol. The third-order valence-corrected chi connectivity index (χ3v) is 9.34. The minimum atomic E-state index is -3.82. The van der Waals surface area contributed by atoms with Crippen molar-refractivity contribution in [3.63, 3.8) is 0 Å². The molecule has 224 valence electrons. The number of amides is 2. The van der Waals surface area contributed by atoms with Crippen LogP contribution in [-0.2, 0) is 39.0 Å². The quantitative estimate of drug-likeness (QED) is 0.283. The molecule has 0 aromatic heterocycles. The first-order chi connectivity index (χ1) is 20.2. The van der Waals surface area contributed by atoms with Crippen LogP contribution in [0.15, 0.2) is 78.9 Å². The van der Waals surface area contributed by atoms with Crippen LogP contribution >= 0.6 is 11.6 Å². The van der Waals surface area contributed by atoms with Crippen molar-refractivity contribution in [1.82, 2.24) is 10.2 Å². The Morgan fingerprint density at radius 2 is 1.55 bits per heavy atom. The molecule has 1 aliphatic carbocycles. The van der Waals surface area contributed by atoms with E-state index in [9.17, 15) is 18.0 Å². The largest absolute Gasteiger partial charge is 0.352 e. The van der Waals surface area contributed by atoms with Gasteiger partial charge in [0, 0.05) is 24.0 Å². The van der Waals surface area contributed by atoms with Gasteiger partial charge in [0.15, 0.2) is 0 Å². The summed E-state index contributed by atoms with van der Waals surface area (Å²) < 4.78 is 27.0. The average molecular weight is 610 g/mol. The molecule has 0 unspecified atom stereocenters. The molecule has 3 aromatic rings. The summed E-state index contributed by atoms with van der Waals surface area (Å²) >= 11 is 6.53. The molecular formula is C33H40ClN3O4S. The van der Waals surface area contributed by atoms with Crippen molar-refractivity contribution < 1.29 is 18.0 Å². The van der Waals surface area contributed by atoms with Gasteiger partial charge in [-0.3, -0.25) is 13.9 Å². The Labute approximate surface area is 254 Å². The van der Waals surface area contributed by atoms with Crippen molar-refractivity contribution in [2.45, 2.75) is 70.5 Å². The number of anilines is 1. The summed E-state index contributed by atoms with van der Waals surface area (Å²) in [6.45, 7) is 1.63. The van der Waals surface area contributed by atoms with E-state index in [1.165, 1.54) is 4.90 Å². The molecule has 0 saturated heterocycles. The predicted octanol–water partition coefficient (Wildman–Crippen LogP) is 5.76. The number of carbonyl (C=O) groups is 2. The van der Waals surface area contributed by atoms with Crippen LogP contribution in [0.25, 0.3) is 0 Å². The molecule has 2 amide bonds. The maximum atomic E-state index is 14.2. The van der Waals surface area contributed by atoms with Crippen molar-refractivity contribution in [3.8, 4) is 0 Å². The zero-order valence-electron chi connectivity index (χ0n) is 24.3. The van der Waals surface area contributed by atoms with Gasteiger partial charge in [-0.25, -0.2) is 8.42 Å². The van der Waals surface area contributed by atoms with Crippen LogP contribution in [0.4, 0.5) is 5.69 Å². The van der Waals surface area contributed by atoms with Crippen molar-refractivity contribution in [2.24, 2.45) is 0 Å². The van der Waals surface area contributed by atoms with Gasteiger partial charge in [-0.05, 0) is 54.2 Å². The molecule has 4 rings (SSSR count). The Morgan fingerprint density at radius 1 is 0.905 bits per heavy atom. The highest BCUT2D eigenvalue weighted by molar-refractivity contribution is 7.92. The van der Waals surface area contributed by atoms with E-state index in [2.05, 4.69) is 5.32 Å². The highest BCUT2D eigenvalue weighted by atomic mass is 35.5. The number of benzene rings is 3. The minimum Gasteiger partial charge on any atom is -0.352 e. The number of nitrogens with zero attached hydrogens (tertiary/aromatic N) is 2. The standard InChI is InChI=1S/C33H40ClN3O4S/c1-3-25-18-20-29(21-19-25)37(42(2,40)41)24-32(38)36(23-27-14-10-11-17-30(27)34)31(22-26-12-6-4-7-13-26)33(39)35-28-15-8-5-9-16-28/h4,6-7,10-14,17-21,28,31H,3,5,8-9,15-16,22-24H2,1-2H3,(H,35,39)/t31-/m0/s1. The van der Waals surface area contributed by atoms with Crippen LogP contribution in [-0.4, -0.2) is 50.0 Å². The van der Waals surface area contributed by atoms with Crippen molar-refractivity contribution in [2.75, 3.05) is 17.1 Å². The first-order valence-electron chi connectivity index (χ1n) is 14.6. The van der Waals surface area contributed by atoms with E-state index in [0.29, 0.717) is 16.3 Å². The van der Waals surface area contributed by atoms with Gasteiger partial charge in [-0.2, -0.15) is 0 Å². The van der Waals surface area contributed by atoms with E-state index >= 15 is 0 Å². The number of rotatable bonds is 12. The highest BCUT2D eigenvalue weighted by Crippen LogP contribution is 2.24. The van der Waals surface area contributed by atoms with Gasteiger partial charge in [0.25, 0.3) is 0 Å². The zero-order valence-corrected chi connectivity index (χ0v) is 25.9. The SMILES string of the molecule is CCc1ccc(N(CC(=O)N(Cc2ccccc2Cl)[C@@H](Cc2ccccc2)C(=O)NC2CCCCC2)S(C)(=O)=O)cc1. The van der Waals surface area contributed by atoms with Crippen LogP contribution in [0.3, 0.4) is 0 Å². The third kappa shape index (κ3) is 8.58. The molecule has 0 spiro atoms. The number of sulfonamides is 1. The second kappa shape index (κ2) is 14.7. The lowest BCUT2D eigenvalue weighted by Crippen LogP contribution is -2.55. The fourth-order valence-corrected chi connectivity index (χ4v) is 6.47. The molecule has 9 heteroatoms. The van der Waals surface area contributed by atoms with Gasteiger partial charge in [-0.15, -0.1) is 0 Å². The Bertz CT molecular complexity index is 1440. The summed E-state index contributed by atoms with van der Waals surface area (Å²) in [7, 11) is -3.82. The fourth-order valence-electron chi connectivity index (χ4n) is 5.42. The molecule has 1 saturated carbocycles. The van der Waals surface area contributed by atoms with E-state index in [-0.39, 0.29) is 24.9 Å². The Hall–Kier alpha value is -3.36. The number of hydrogen-bond donors (Lipinski definition) is 1. The van der Waals surface area contributed by atoms with E-state index in [1.807, 2.05) is 61.5 Å². The molecule has 1 N–H and O–H groups in total. The molecule has 3 aromatic carbocycles. The summed E-state index contributed by atoms with van der Waals surface area (Å²) in [5, 5.41) is 3.67. The topological polar surface area (TPSA) is 86.8 Å². The normalized spacial score (nSPS) is 14.6. The summed E-state index contributed by atoms with van der Waals surface area (Å²) in [6, 6.07) is 23.1.